The maximum Gasteiger partial charge on any atom is 0.435 e. The summed E-state index contributed by atoms with van der Waals surface area (Å²) in [7, 11) is -4.49. The summed E-state index contributed by atoms with van der Waals surface area (Å²) in [5, 5.41) is 0. The number of fused-ring (bicyclic) bond motifs is 3. The summed E-state index contributed by atoms with van der Waals surface area (Å²) in [6.07, 6.45) is -13.0. The van der Waals surface area contributed by atoms with Crippen molar-refractivity contribution in [3.63, 3.8) is 0 Å². The Bertz CT molecular complexity index is 1420. The molecule has 5 rings (SSSR count). The van der Waals surface area contributed by atoms with Crippen molar-refractivity contribution in [3.05, 3.63) is 65.0 Å². The lowest BCUT2D eigenvalue weighted by Crippen LogP contribution is -2.51. The fraction of sp³-hybridized carbons (Fsp3) is 0.519. The van der Waals surface area contributed by atoms with Crippen molar-refractivity contribution in [2.75, 3.05) is 26.3 Å². The Hall–Kier alpha value is -2.74. The second-order valence-corrected chi connectivity index (χ2v) is 12.8. The highest BCUT2D eigenvalue weighted by Crippen LogP contribution is 2.60. The van der Waals surface area contributed by atoms with Crippen LogP contribution in [0.3, 0.4) is 0 Å². The first kappa shape index (κ1) is 29.7. The number of carbonyl (C=O) groups excluding carboxylic acids is 1. The minimum atomic E-state index is -6.34. The van der Waals surface area contributed by atoms with E-state index < -0.39 is 55.8 Å². The SMILES string of the molecule is O=C([C@@H]1CC[C@]2(S(=O)(=O)c3ccc(F)cc3)c3ccc(C(F)(C(F)(F)F)C(F)(F)F)cc3CC[C@H]12)N1CCOCC1. The van der Waals surface area contributed by atoms with E-state index in [2.05, 4.69) is 0 Å². The molecule has 1 saturated carbocycles. The number of alkyl halides is 7. The summed E-state index contributed by atoms with van der Waals surface area (Å²) in [5.74, 6) is -2.73. The summed E-state index contributed by atoms with van der Waals surface area (Å²) in [5.41, 5.74) is -7.65. The highest BCUT2D eigenvalue weighted by molar-refractivity contribution is 7.92. The summed E-state index contributed by atoms with van der Waals surface area (Å²) < 4.78 is 142. The number of nitrogens with zero attached hydrogens (tertiary/aromatic N) is 1. The smallest absolute Gasteiger partial charge is 0.378 e. The molecule has 2 aliphatic carbocycles. The molecule has 2 aromatic rings. The van der Waals surface area contributed by atoms with Gasteiger partial charge >= 0.3 is 18.0 Å². The fourth-order valence-corrected chi connectivity index (χ4v) is 9.16. The number of hydrogen-bond donors (Lipinski definition) is 0. The number of halogens is 8. The molecule has 3 aliphatic rings. The van der Waals surface area contributed by atoms with Crippen LogP contribution in [0.15, 0.2) is 47.4 Å². The van der Waals surface area contributed by atoms with Crippen molar-refractivity contribution >= 4 is 15.7 Å². The zero-order valence-corrected chi connectivity index (χ0v) is 22.2. The third-order valence-corrected chi connectivity index (χ3v) is 11.2. The molecule has 224 valence electrons. The summed E-state index contributed by atoms with van der Waals surface area (Å²) >= 11 is 0. The minimum absolute atomic E-state index is 0.0606. The molecule has 0 aromatic heterocycles. The quantitative estimate of drug-likeness (QED) is 0.333. The topological polar surface area (TPSA) is 63.7 Å². The van der Waals surface area contributed by atoms with Crippen LogP contribution in [0.25, 0.3) is 0 Å². The minimum Gasteiger partial charge on any atom is -0.378 e. The molecule has 0 N–H and O–H groups in total. The third kappa shape index (κ3) is 4.43. The van der Waals surface area contributed by atoms with Crippen molar-refractivity contribution in [3.8, 4) is 0 Å². The van der Waals surface area contributed by atoms with E-state index in [0.29, 0.717) is 12.1 Å². The van der Waals surface area contributed by atoms with E-state index in [4.69, 9.17) is 4.74 Å². The van der Waals surface area contributed by atoms with Crippen molar-refractivity contribution in [1.29, 1.82) is 0 Å². The average molecular weight is 612 g/mol. The van der Waals surface area contributed by atoms with Gasteiger partial charge in [-0.05, 0) is 67.0 Å². The van der Waals surface area contributed by atoms with E-state index in [-0.39, 0.29) is 73.9 Å². The number of rotatable bonds is 4. The van der Waals surface area contributed by atoms with Crippen LogP contribution in [-0.4, -0.2) is 57.9 Å². The van der Waals surface area contributed by atoms with Gasteiger partial charge in [0.25, 0.3) is 0 Å². The summed E-state index contributed by atoms with van der Waals surface area (Å²) in [6, 6.07) is 5.45. The van der Waals surface area contributed by atoms with Crippen molar-refractivity contribution in [1.82, 2.24) is 4.90 Å². The zero-order chi connectivity index (χ0) is 30.0. The molecule has 0 radical (unpaired) electrons. The van der Waals surface area contributed by atoms with Crippen LogP contribution < -0.4 is 0 Å². The Labute approximate surface area is 230 Å². The van der Waals surface area contributed by atoms with Gasteiger partial charge in [0.1, 0.15) is 10.6 Å². The van der Waals surface area contributed by atoms with Crippen LogP contribution in [-0.2, 0) is 36.2 Å². The molecule has 1 heterocycles. The van der Waals surface area contributed by atoms with Crippen LogP contribution in [0.1, 0.15) is 36.0 Å². The second-order valence-electron chi connectivity index (χ2n) is 10.6. The highest BCUT2D eigenvalue weighted by atomic mass is 32.2. The van der Waals surface area contributed by atoms with E-state index in [1.165, 1.54) is 0 Å². The number of sulfone groups is 1. The molecule has 0 unspecified atom stereocenters. The van der Waals surface area contributed by atoms with Gasteiger partial charge in [0.2, 0.25) is 5.91 Å². The second kappa shape index (κ2) is 9.92. The molecular weight excluding hydrogens is 586 g/mol. The average Bonchev–Trinajstić information content (AvgIpc) is 3.33. The van der Waals surface area contributed by atoms with Gasteiger partial charge in [-0.25, -0.2) is 17.2 Å². The first-order valence-corrected chi connectivity index (χ1v) is 14.4. The van der Waals surface area contributed by atoms with Gasteiger partial charge in [-0.3, -0.25) is 4.79 Å². The highest BCUT2D eigenvalue weighted by Gasteiger charge is 2.74. The maximum absolute atomic E-state index is 14.9. The summed E-state index contributed by atoms with van der Waals surface area (Å²) in [6.45, 7) is 1.15. The molecule has 1 saturated heterocycles. The number of carbonyl (C=O) groups is 1. The molecule has 2 aromatic carbocycles. The number of hydrogen-bond acceptors (Lipinski definition) is 4. The van der Waals surface area contributed by atoms with Gasteiger partial charge in [0, 0.05) is 24.6 Å². The van der Waals surface area contributed by atoms with Gasteiger partial charge in [-0.1, -0.05) is 18.2 Å². The molecule has 5 nitrogen and oxygen atoms in total. The number of ether oxygens (including phenoxy) is 1. The van der Waals surface area contributed by atoms with Crippen LogP contribution in [0.5, 0.6) is 0 Å². The lowest BCUT2D eigenvalue weighted by Gasteiger charge is -2.43. The number of morpholine rings is 1. The van der Waals surface area contributed by atoms with Gasteiger partial charge in [-0.2, -0.15) is 26.3 Å². The predicted molar refractivity (Wildman–Crippen MR) is 129 cm³/mol. The van der Waals surface area contributed by atoms with E-state index in [1.807, 2.05) is 0 Å². The van der Waals surface area contributed by atoms with Crippen LogP contribution in [0.2, 0.25) is 0 Å². The standard InChI is InChI=1S/C27H25F8NO4S/c28-18-3-5-19(6-4-18)41(38,39)24-10-9-20(23(37)36-11-13-40-14-12-36)22(24)7-1-16-15-17(2-8-21(16)24)25(29,26(30,31)32)27(33,34)35/h2-6,8,15,20,22H,1,7,9-14H2/t20-,22-,24+/m1/s1. The van der Waals surface area contributed by atoms with Gasteiger partial charge in [0.15, 0.2) is 9.84 Å². The molecule has 3 atom stereocenters. The predicted octanol–water partition coefficient (Wildman–Crippen LogP) is 5.62. The molecule has 2 fully saturated rings. The van der Waals surface area contributed by atoms with Crippen LogP contribution >= 0.6 is 0 Å². The molecule has 14 heteroatoms. The molecule has 1 amide bonds. The van der Waals surface area contributed by atoms with Gasteiger partial charge in [-0.15, -0.1) is 0 Å². The summed E-state index contributed by atoms with van der Waals surface area (Å²) in [4.78, 5) is 14.8. The molecule has 41 heavy (non-hydrogen) atoms. The zero-order valence-electron chi connectivity index (χ0n) is 21.4. The fourth-order valence-electron chi connectivity index (χ4n) is 6.69. The lowest BCUT2D eigenvalue weighted by molar-refractivity contribution is -0.348. The van der Waals surface area contributed by atoms with E-state index in [1.54, 1.807) is 4.90 Å². The molecule has 1 aliphatic heterocycles. The molecule has 0 bridgehead atoms. The monoisotopic (exact) mass is 611 g/mol. The first-order valence-electron chi connectivity index (χ1n) is 12.9. The normalized spacial score (nSPS) is 25.5. The van der Waals surface area contributed by atoms with Gasteiger partial charge < -0.3 is 9.64 Å². The number of benzene rings is 2. The Balaban J connectivity index is 1.68. The Morgan fingerprint density at radius 1 is 0.902 bits per heavy atom. The number of amides is 1. The van der Waals surface area contributed by atoms with Gasteiger partial charge in [0.05, 0.1) is 18.1 Å². The Morgan fingerprint density at radius 2 is 1.51 bits per heavy atom. The van der Waals surface area contributed by atoms with Crippen LogP contribution in [0, 0.1) is 17.7 Å². The Kier molecular flexibility index (Phi) is 7.20. The van der Waals surface area contributed by atoms with E-state index in [0.717, 1.165) is 30.3 Å². The first-order chi connectivity index (χ1) is 19.1. The van der Waals surface area contributed by atoms with Crippen LogP contribution in [0.4, 0.5) is 35.1 Å². The van der Waals surface area contributed by atoms with Crippen molar-refractivity contribution in [2.45, 2.75) is 53.3 Å². The van der Waals surface area contributed by atoms with Crippen molar-refractivity contribution < 1.29 is 53.1 Å². The molecular formula is C27H25F8NO4S. The number of aryl methyl sites for hydroxylation is 1. The molecule has 0 spiro atoms. The maximum atomic E-state index is 14.9. The Morgan fingerprint density at radius 3 is 2.10 bits per heavy atom. The van der Waals surface area contributed by atoms with Crippen molar-refractivity contribution in [2.24, 2.45) is 11.8 Å². The lowest BCUT2D eigenvalue weighted by atomic mass is 9.72. The largest absolute Gasteiger partial charge is 0.435 e. The van der Waals surface area contributed by atoms with E-state index >= 15 is 0 Å². The third-order valence-electron chi connectivity index (χ3n) is 8.62. The van der Waals surface area contributed by atoms with E-state index in [9.17, 15) is 48.3 Å².